The van der Waals surface area contributed by atoms with Crippen LogP contribution in [0, 0.1) is 11.8 Å². The molecule has 2 unspecified atom stereocenters. The van der Waals surface area contributed by atoms with Gasteiger partial charge in [0.2, 0.25) is 16.9 Å². The molecule has 2 atom stereocenters. The third-order valence-electron chi connectivity index (χ3n) is 6.60. The first-order chi connectivity index (χ1) is 19.0. The quantitative estimate of drug-likeness (QED) is 0.181. The van der Waals surface area contributed by atoms with Crippen LogP contribution in [0.25, 0.3) is 0 Å². The maximum atomic E-state index is 12.4. The molecule has 0 spiro atoms. The van der Waals surface area contributed by atoms with E-state index < -0.39 is 5.54 Å². The largest absolute Gasteiger partial charge is 0.402 e. The number of benzene rings is 1. The monoisotopic (exact) mass is 563 g/mol. The Morgan fingerprint density at radius 1 is 1.07 bits per heavy atom. The highest BCUT2D eigenvalue weighted by Crippen LogP contribution is 2.24. The summed E-state index contributed by atoms with van der Waals surface area (Å²) in [5, 5.41) is 15.3. The lowest BCUT2D eigenvalue weighted by molar-refractivity contribution is -0.120. The summed E-state index contributed by atoms with van der Waals surface area (Å²) in [4.78, 5) is 24.8. The number of aryl methyl sites for hydroxylation is 1. The third-order valence-corrected chi connectivity index (χ3v) is 7.49. The van der Waals surface area contributed by atoms with Crippen molar-refractivity contribution in [1.82, 2.24) is 15.5 Å². The van der Waals surface area contributed by atoms with E-state index in [1.54, 1.807) is 12.2 Å². The molecule has 8 N–H and O–H groups in total. The van der Waals surface area contributed by atoms with Gasteiger partial charge in [-0.05, 0) is 68.2 Å². The first-order valence-electron chi connectivity index (χ1n) is 13.6. The fourth-order valence-electron chi connectivity index (χ4n) is 4.21. The molecule has 1 aliphatic carbocycles. The summed E-state index contributed by atoms with van der Waals surface area (Å²) >= 11 is 1.40. The lowest BCUT2D eigenvalue weighted by atomic mass is 9.87. The summed E-state index contributed by atoms with van der Waals surface area (Å²) in [6.07, 6.45) is 15.3. The Morgan fingerprint density at radius 2 is 1.85 bits per heavy atom. The van der Waals surface area contributed by atoms with E-state index in [1.165, 1.54) is 11.3 Å². The van der Waals surface area contributed by atoms with Crippen molar-refractivity contribution < 1.29 is 9.59 Å². The van der Waals surface area contributed by atoms with Crippen molar-refractivity contribution in [1.29, 1.82) is 0 Å². The highest BCUT2D eigenvalue weighted by molar-refractivity contribution is 7.15. The van der Waals surface area contributed by atoms with Crippen LogP contribution in [0.3, 0.4) is 0 Å². The van der Waals surface area contributed by atoms with Crippen LogP contribution in [0.15, 0.2) is 72.2 Å². The smallest absolute Gasteiger partial charge is 0.229 e. The maximum absolute atomic E-state index is 12.4. The van der Waals surface area contributed by atoms with Gasteiger partial charge >= 0.3 is 0 Å². The highest BCUT2D eigenvalue weighted by atomic mass is 32.1. The van der Waals surface area contributed by atoms with Crippen LogP contribution < -0.4 is 27.8 Å². The van der Waals surface area contributed by atoms with Gasteiger partial charge in [-0.25, -0.2) is 0 Å². The minimum atomic E-state index is -0.477. The number of amides is 2. The number of rotatable bonds is 13. The molecule has 0 saturated carbocycles. The zero-order valence-electron chi connectivity index (χ0n) is 23.5. The predicted octanol–water partition coefficient (Wildman–Crippen LogP) is 4.15. The van der Waals surface area contributed by atoms with Crippen molar-refractivity contribution >= 4 is 28.3 Å². The van der Waals surface area contributed by atoms with E-state index in [1.807, 2.05) is 50.3 Å². The molecule has 1 heterocycles. The number of allylic oxidation sites excluding steroid dienone is 7. The van der Waals surface area contributed by atoms with Gasteiger partial charge in [-0.15, -0.1) is 10.2 Å². The van der Waals surface area contributed by atoms with Crippen molar-refractivity contribution in [2.24, 2.45) is 29.0 Å². The second-order valence-electron chi connectivity index (χ2n) is 10.8. The van der Waals surface area contributed by atoms with Crippen LogP contribution in [0.1, 0.15) is 62.6 Å². The van der Waals surface area contributed by atoms with Gasteiger partial charge in [0.15, 0.2) is 0 Å². The number of nitrogens with two attached hydrogens (primary N) is 3. The number of aromatic nitrogens is 2. The summed E-state index contributed by atoms with van der Waals surface area (Å²) in [6.45, 7) is 5.96. The summed E-state index contributed by atoms with van der Waals surface area (Å²) in [7, 11) is 0. The third kappa shape index (κ3) is 10.4. The normalized spacial score (nSPS) is 17.6. The van der Waals surface area contributed by atoms with Crippen LogP contribution in [-0.4, -0.2) is 22.0 Å². The molecule has 2 aromatic rings. The zero-order valence-corrected chi connectivity index (χ0v) is 24.3. The number of hydrogen-bond donors (Lipinski definition) is 5. The lowest BCUT2D eigenvalue weighted by Crippen LogP contribution is -2.30. The Morgan fingerprint density at radius 3 is 2.60 bits per heavy atom. The van der Waals surface area contributed by atoms with Gasteiger partial charge in [-0.1, -0.05) is 66.8 Å². The molecule has 1 aliphatic rings. The molecule has 1 aromatic carbocycles. The standard InChI is InChI=1S/C30H41N7O2S/c1-20-9-4-5-11-22(20)19-27(39)35-29-37-36-28(40-29)14-7-6-13-24(31)15-16-25(32)34-26(38)18-21-10-8-12-23(17-21)30(2,3)33/h4-5,8-12,15-17,20,22H,6-7,13-14,18-19,31-33H2,1-3H3,(H,34,38)(H,35,37,39)/b24-15-,25-16+. The number of hydrogen-bond acceptors (Lipinski definition) is 8. The summed E-state index contributed by atoms with van der Waals surface area (Å²) in [6, 6.07) is 7.67. The van der Waals surface area contributed by atoms with Crippen molar-refractivity contribution in [3.63, 3.8) is 0 Å². The van der Waals surface area contributed by atoms with Crippen LogP contribution >= 0.6 is 11.3 Å². The summed E-state index contributed by atoms with van der Waals surface area (Å²) in [5.74, 6) is 0.510. The number of unbranched alkanes of at least 4 members (excludes halogenated alkanes) is 1. The van der Waals surface area contributed by atoms with Crippen LogP contribution in [0.2, 0.25) is 0 Å². The van der Waals surface area contributed by atoms with E-state index in [-0.39, 0.29) is 30.0 Å². The van der Waals surface area contributed by atoms with Gasteiger partial charge < -0.3 is 27.8 Å². The topological polar surface area (TPSA) is 162 Å². The SMILES string of the molecule is CC1C=CC=CC1CC(=O)Nc1nnc(CCCC/C(N)=C/C=C(\N)NC(=O)Cc2cccc(C(C)(C)N)c2)s1. The minimum absolute atomic E-state index is 0.0502. The van der Waals surface area contributed by atoms with E-state index in [2.05, 4.69) is 39.9 Å². The number of carbonyl (C=O) groups excluding carboxylic acids is 2. The highest BCUT2D eigenvalue weighted by Gasteiger charge is 2.19. The van der Waals surface area contributed by atoms with Crippen LogP contribution in [-0.2, 0) is 28.0 Å². The van der Waals surface area contributed by atoms with E-state index >= 15 is 0 Å². The fraction of sp³-hybridized carbons (Fsp3) is 0.400. The Labute approximate surface area is 240 Å². The number of nitrogens with zero attached hydrogens (tertiary/aromatic N) is 2. The molecule has 1 aromatic heterocycles. The fourth-order valence-corrected chi connectivity index (χ4v) is 5.01. The van der Waals surface area contributed by atoms with E-state index in [0.29, 0.717) is 29.6 Å². The van der Waals surface area contributed by atoms with Crippen molar-refractivity contribution in [3.8, 4) is 0 Å². The molecule has 0 fully saturated rings. The van der Waals surface area contributed by atoms with E-state index in [9.17, 15) is 9.59 Å². The maximum Gasteiger partial charge on any atom is 0.229 e. The van der Waals surface area contributed by atoms with Crippen molar-refractivity contribution in [2.45, 2.75) is 64.8 Å². The Hall–Kier alpha value is -3.76. The zero-order chi connectivity index (χ0) is 29.1. The van der Waals surface area contributed by atoms with Gasteiger partial charge in [0.1, 0.15) is 10.8 Å². The van der Waals surface area contributed by atoms with Crippen molar-refractivity contribution in [2.75, 3.05) is 5.32 Å². The molecule has 2 amide bonds. The second-order valence-corrected chi connectivity index (χ2v) is 11.8. The molecular formula is C30H41N7O2S. The van der Waals surface area contributed by atoms with Crippen LogP contribution in [0.5, 0.6) is 0 Å². The Balaban J connectivity index is 1.35. The molecule has 214 valence electrons. The molecule has 0 aliphatic heterocycles. The second kappa shape index (κ2) is 14.6. The molecular weight excluding hydrogens is 522 g/mol. The molecule has 3 rings (SSSR count). The van der Waals surface area contributed by atoms with Gasteiger partial charge in [-0.2, -0.15) is 0 Å². The van der Waals surface area contributed by atoms with E-state index in [4.69, 9.17) is 17.2 Å². The van der Waals surface area contributed by atoms with Gasteiger partial charge in [-0.3, -0.25) is 9.59 Å². The number of nitrogens with one attached hydrogen (secondary N) is 2. The van der Waals surface area contributed by atoms with Gasteiger partial charge in [0.25, 0.3) is 0 Å². The molecule has 9 nitrogen and oxygen atoms in total. The molecule has 40 heavy (non-hydrogen) atoms. The Bertz CT molecular complexity index is 1290. The van der Waals surface area contributed by atoms with Crippen molar-refractivity contribution in [3.05, 3.63) is 88.4 Å². The average Bonchev–Trinajstić information content (AvgIpc) is 3.33. The predicted molar refractivity (Wildman–Crippen MR) is 162 cm³/mol. The summed E-state index contributed by atoms with van der Waals surface area (Å²) < 4.78 is 0. The van der Waals surface area contributed by atoms with Gasteiger partial charge in [0, 0.05) is 24.1 Å². The number of carbonyl (C=O) groups is 2. The minimum Gasteiger partial charge on any atom is -0.402 e. The molecule has 0 bridgehead atoms. The van der Waals surface area contributed by atoms with E-state index in [0.717, 1.165) is 35.4 Å². The van der Waals surface area contributed by atoms with Crippen LogP contribution in [0.4, 0.5) is 5.13 Å². The lowest BCUT2D eigenvalue weighted by Gasteiger charge is -2.19. The average molecular weight is 564 g/mol. The molecule has 0 saturated heterocycles. The first-order valence-corrected chi connectivity index (χ1v) is 14.4. The number of anilines is 1. The molecule has 10 heteroatoms. The van der Waals surface area contributed by atoms with Gasteiger partial charge in [0.05, 0.1) is 6.42 Å². The molecule has 0 radical (unpaired) electrons. The Kier molecular flexibility index (Phi) is 11.2. The summed E-state index contributed by atoms with van der Waals surface area (Å²) in [5.41, 5.74) is 20.2. The first kappa shape index (κ1) is 30.8.